The lowest BCUT2D eigenvalue weighted by molar-refractivity contribution is -0.125. The normalized spacial score (nSPS) is 16.1. The van der Waals surface area contributed by atoms with E-state index in [1.54, 1.807) is 6.20 Å². The number of carbonyl (C=O) groups is 1. The number of hydrogen-bond donors (Lipinski definition) is 1. The molecule has 1 saturated heterocycles. The van der Waals surface area contributed by atoms with Crippen molar-refractivity contribution in [3.63, 3.8) is 0 Å². The molecule has 0 saturated carbocycles. The van der Waals surface area contributed by atoms with Crippen LogP contribution in [0, 0.1) is 5.92 Å². The molecule has 0 atom stereocenters. The Labute approximate surface area is 120 Å². The van der Waals surface area contributed by atoms with Crippen LogP contribution < -0.4 is 10.2 Å². The maximum atomic E-state index is 11.5. The standard InChI is InChI=1S/C15H23N3O2/c1-2-20-12-15(19)17-10-13-5-8-18(9-6-13)14-4-3-7-16-11-14/h3-4,7,11,13H,2,5-6,8-10,12H2,1H3,(H,17,19). The second-order valence-corrected chi connectivity index (χ2v) is 5.08. The van der Waals surface area contributed by atoms with Crippen LogP contribution >= 0.6 is 0 Å². The van der Waals surface area contributed by atoms with Crippen LogP contribution in [0.5, 0.6) is 0 Å². The van der Waals surface area contributed by atoms with Gasteiger partial charge in [0.1, 0.15) is 6.61 Å². The first-order chi connectivity index (χ1) is 9.79. The first kappa shape index (κ1) is 14.8. The molecule has 0 unspecified atom stereocenters. The molecule has 0 spiro atoms. The zero-order valence-electron chi connectivity index (χ0n) is 12.0. The molecule has 0 bridgehead atoms. The third-order valence-electron chi connectivity index (χ3n) is 3.65. The first-order valence-corrected chi connectivity index (χ1v) is 7.29. The Bertz CT molecular complexity index is 403. The number of anilines is 1. The molecule has 1 aliphatic rings. The van der Waals surface area contributed by atoms with Crippen molar-refractivity contribution >= 4 is 11.6 Å². The Kier molecular flexibility index (Phi) is 5.80. The van der Waals surface area contributed by atoms with Gasteiger partial charge in [0.2, 0.25) is 5.91 Å². The van der Waals surface area contributed by atoms with E-state index in [0.29, 0.717) is 12.5 Å². The summed E-state index contributed by atoms with van der Waals surface area (Å²) in [6, 6.07) is 4.06. The molecule has 110 valence electrons. The summed E-state index contributed by atoms with van der Waals surface area (Å²) in [6.07, 6.45) is 5.90. The number of aromatic nitrogens is 1. The van der Waals surface area contributed by atoms with Crippen LogP contribution in [0.4, 0.5) is 5.69 Å². The summed E-state index contributed by atoms with van der Waals surface area (Å²) in [7, 11) is 0. The van der Waals surface area contributed by atoms with Gasteiger partial charge >= 0.3 is 0 Å². The number of hydrogen-bond acceptors (Lipinski definition) is 4. The molecule has 0 aromatic carbocycles. The minimum Gasteiger partial charge on any atom is -0.372 e. The van der Waals surface area contributed by atoms with Crippen LogP contribution in [0.1, 0.15) is 19.8 Å². The van der Waals surface area contributed by atoms with Gasteiger partial charge in [-0.1, -0.05) is 0 Å². The summed E-state index contributed by atoms with van der Waals surface area (Å²) < 4.78 is 5.08. The highest BCUT2D eigenvalue weighted by atomic mass is 16.5. The predicted octanol–water partition coefficient (Wildman–Crippen LogP) is 1.45. The molecule has 1 aromatic rings. The summed E-state index contributed by atoms with van der Waals surface area (Å²) in [5.41, 5.74) is 1.19. The van der Waals surface area contributed by atoms with Crippen LogP contribution in [0.3, 0.4) is 0 Å². The highest BCUT2D eigenvalue weighted by Crippen LogP contribution is 2.21. The van der Waals surface area contributed by atoms with E-state index in [1.165, 1.54) is 5.69 Å². The van der Waals surface area contributed by atoms with Gasteiger partial charge in [0.15, 0.2) is 0 Å². The van der Waals surface area contributed by atoms with Gasteiger partial charge in [-0.25, -0.2) is 0 Å². The number of nitrogens with zero attached hydrogens (tertiary/aromatic N) is 2. The Hall–Kier alpha value is -1.62. The van der Waals surface area contributed by atoms with Gasteiger partial charge in [0, 0.05) is 32.4 Å². The summed E-state index contributed by atoms with van der Waals surface area (Å²) >= 11 is 0. The quantitative estimate of drug-likeness (QED) is 0.855. The molecule has 1 aromatic heterocycles. The average molecular weight is 277 g/mol. The van der Waals surface area contributed by atoms with Crippen LogP contribution in [0.2, 0.25) is 0 Å². The van der Waals surface area contributed by atoms with Crippen molar-refractivity contribution in [2.45, 2.75) is 19.8 Å². The molecular formula is C15H23N3O2. The highest BCUT2D eigenvalue weighted by Gasteiger charge is 2.19. The van der Waals surface area contributed by atoms with Crippen LogP contribution in [0.25, 0.3) is 0 Å². The van der Waals surface area contributed by atoms with E-state index in [9.17, 15) is 4.79 Å². The van der Waals surface area contributed by atoms with Gasteiger partial charge in [0.05, 0.1) is 11.9 Å². The van der Waals surface area contributed by atoms with E-state index in [1.807, 2.05) is 19.2 Å². The van der Waals surface area contributed by atoms with Crippen molar-refractivity contribution in [3.05, 3.63) is 24.5 Å². The Morgan fingerprint density at radius 1 is 1.50 bits per heavy atom. The van der Waals surface area contributed by atoms with Crippen molar-refractivity contribution in [2.75, 3.05) is 37.7 Å². The van der Waals surface area contributed by atoms with Crippen molar-refractivity contribution in [1.82, 2.24) is 10.3 Å². The number of carbonyl (C=O) groups excluding carboxylic acids is 1. The number of pyridine rings is 1. The summed E-state index contributed by atoms with van der Waals surface area (Å²) in [5.74, 6) is 0.551. The van der Waals surface area contributed by atoms with E-state index in [-0.39, 0.29) is 12.5 Å². The molecule has 2 rings (SSSR count). The lowest BCUT2D eigenvalue weighted by Gasteiger charge is -2.33. The maximum Gasteiger partial charge on any atom is 0.246 e. The Morgan fingerprint density at radius 2 is 2.30 bits per heavy atom. The smallest absolute Gasteiger partial charge is 0.246 e. The third kappa shape index (κ3) is 4.49. The van der Waals surface area contributed by atoms with Crippen molar-refractivity contribution in [1.29, 1.82) is 0 Å². The van der Waals surface area contributed by atoms with E-state index < -0.39 is 0 Å². The predicted molar refractivity (Wildman–Crippen MR) is 78.7 cm³/mol. The van der Waals surface area contributed by atoms with E-state index in [2.05, 4.69) is 21.3 Å². The molecule has 2 heterocycles. The topological polar surface area (TPSA) is 54.5 Å². The van der Waals surface area contributed by atoms with Gasteiger partial charge in [-0.2, -0.15) is 0 Å². The second kappa shape index (κ2) is 7.85. The molecule has 20 heavy (non-hydrogen) atoms. The fourth-order valence-corrected chi connectivity index (χ4v) is 2.44. The highest BCUT2D eigenvalue weighted by molar-refractivity contribution is 5.77. The van der Waals surface area contributed by atoms with Crippen molar-refractivity contribution in [3.8, 4) is 0 Å². The minimum atomic E-state index is -0.0125. The monoisotopic (exact) mass is 277 g/mol. The van der Waals surface area contributed by atoms with Crippen molar-refractivity contribution in [2.24, 2.45) is 5.92 Å². The molecular weight excluding hydrogens is 254 g/mol. The average Bonchev–Trinajstić information content (AvgIpc) is 2.52. The lowest BCUT2D eigenvalue weighted by Crippen LogP contribution is -2.39. The Balaban J connectivity index is 1.68. The van der Waals surface area contributed by atoms with Crippen LogP contribution in [0.15, 0.2) is 24.5 Å². The van der Waals surface area contributed by atoms with Gasteiger partial charge in [-0.15, -0.1) is 0 Å². The van der Waals surface area contributed by atoms with E-state index in [4.69, 9.17) is 4.74 Å². The van der Waals surface area contributed by atoms with Crippen LogP contribution in [-0.2, 0) is 9.53 Å². The number of amides is 1. The summed E-state index contributed by atoms with van der Waals surface area (Å²) in [5, 5.41) is 2.95. The summed E-state index contributed by atoms with van der Waals surface area (Å²) in [4.78, 5) is 18.0. The molecule has 1 amide bonds. The number of ether oxygens (including phenoxy) is 1. The number of nitrogens with one attached hydrogen (secondary N) is 1. The second-order valence-electron chi connectivity index (χ2n) is 5.08. The molecule has 0 radical (unpaired) electrons. The van der Waals surface area contributed by atoms with Gasteiger partial charge in [0.25, 0.3) is 0 Å². The molecule has 5 heteroatoms. The van der Waals surface area contributed by atoms with Gasteiger partial charge < -0.3 is 15.0 Å². The fourth-order valence-electron chi connectivity index (χ4n) is 2.44. The van der Waals surface area contributed by atoms with Gasteiger partial charge in [-0.3, -0.25) is 9.78 Å². The zero-order chi connectivity index (χ0) is 14.2. The molecule has 5 nitrogen and oxygen atoms in total. The largest absolute Gasteiger partial charge is 0.372 e. The first-order valence-electron chi connectivity index (χ1n) is 7.29. The third-order valence-corrected chi connectivity index (χ3v) is 3.65. The SMILES string of the molecule is CCOCC(=O)NCC1CCN(c2cccnc2)CC1. The number of piperidine rings is 1. The number of rotatable bonds is 6. The molecule has 1 N–H and O–H groups in total. The minimum absolute atomic E-state index is 0.0125. The zero-order valence-corrected chi connectivity index (χ0v) is 12.0. The van der Waals surface area contributed by atoms with E-state index in [0.717, 1.165) is 32.5 Å². The molecule has 1 fully saturated rings. The molecule has 0 aliphatic carbocycles. The van der Waals surface area contributed by atoms with E-state index >= 15 is 0 Å². The van der Waals surface area contributed by atoms with Crippen molar-refractivity contribution < 1.29 is 9.53 Å². The van der Waals surface area contributed by atoms with Gasteiger partial charge in [-0.05, 0) is 37.8 Å². The maximum absolute atomic E-state index is 11.5. The van der Waals surface area contributed by atoms with Crippen LogP contribution in [-0.4, -0.2) is 43.7 Å². The molecule has 1 aliphatic heterocycles. The lowest BCUT2D eigenvalue weighted by atomic mass is 9.96. The summed E-state index contributed by atoms with van der Waals surface area (Å²) in [6.45, 7) is 5.45. The Morgan fingerprint density at radius 3 is 2.95 bits per heavy atom. The fraction of sp³-hybridized carbons (Fsp3) is 0.600.